The zero-order chi connectivity index (χ0) is 19.1. The van der Waals surface area contributed by atoms with E-state index in [1.54, 1.807) is 19.0 Å². The molecule has 0 aliphatic heterocycles. The van der Waals surface area contributed by atoms with Crippen molar-refractivity contribution in [2.75, 3.05) is 46.2 Å². The highest BCUT2D eigenvalue weighted by Crippen LogP contribution is 2.24. The second kappa shape index (κ2) is 8.62. The number of benzene rings is 1. The number of carbonyl (C=O) groups excluding carboxylic acids is 3. The van der Waals surface area contributed by atoms with Gasteiger partial charge in [-0.1, -0.05) is 0 Å². The van der Waals surface area contributed by atoms with Crippen molar-refractivity contribution >= 4 is 29.2 Å². The molecule has 1 aromatic rings. The number of rotatable bonds is 7. The highest BCUT2D eigenvalue weighted by Gasteiger charge is 2.21. The summed E-state index contributed by atoms with van der Waals surface area (Å²) in [4.78, 5) is 48.3. The van der Waals surface area contributed by atoms with Crippen LogP contribution in [0.1, 0.15) is 10.4 Å². The SMILES string of the molecule is CNC(=O)CN(C)C(=O)COC(=O)c1cc([N+](=O)[O-])ccc1N(C)C. The number of hydrogen-bond acceptors (Lipinski definition) is 7. The van der Waals surface area contributed by atoms with Crippen LogP contribution in [0.2, 0.25) is 0 Å². The van der Waals surface area contributed by atoms with Crippen LogP contribution in [0, 0.1) is 10.1 Å². The molecule has 0 bridgehead atoms. The Labute approximate surface area is 144 Å². The third kappa shape index (κ3) is 5.44. The fourth-order valence-corrected chi connectivity index (χ4v) is 1.89. The van der Waals surface area contributed by atoms with E-state index in [-0.39, 0.29) is 23.7 Å². The van der Waals surface area contributed by atoms with Crippen LogP contribution in [0.15, 0.2) is 18.2 Å². The first kappa shape index (κ1) is 19.9. The first-order valence-electron chi connectivity index (χ1n) is 7.24. The zero-order valence-electron chi connectivity index (χ0n) is 14.4. The van der Waals surface area contributed by atoms with Crippen LogP contribution < -0.4 is 10.2 Å². The number of non-ortho nitro benzene ring substituents is 1. The number of carbonyl (C=O) groups is 3. The smallest absolute Gasteiger partial charge is 0.341 e. The minimum absolute atomic E-state index is 0.0269. The second-order valence-electron chi connectivity index (χ2n) is 5.35. The van der Waals surface area contributed by atoms with Gasteiger partial charge in [-0.05, 0) is 6.07 Å². The lowest BCUT2D eigenvalue weighted by Gasteiger charge is -2.18. The number of anilines is 1. The quantitative estimate of drug-likeness (QED) is 0.417. The number of ether oxygens (including phenoxy) is 1. The largest absolute Gasteiger partial charge is 0.452 e. The summed E-state index contributed by atoms with van der Waals surface area (Å²) in [5, 5.41) is 13.3. The first-order chi connectivity index (χ1) is 11.7. The van der Waals surface area contributed by atoms with E-state index in [0.29, 0.717) is 5.69 Å². The molecule has 2 amide bonds. The van der Waals surface area contributed by atoms with Gasteiger partial charge >= 0.3 is 5.97 Å². The summed E-state index contributed by atoms with van der Waals surface area (Å²) < 4.78 is 4.94. The van der Waals surface area contributed by atoms with Crippen molar-refractivity contribution in [3.63, 3.8) is 0 Å². The minimum atomic E-state index is -0.867. The van der Waals surface area contributed by atoms with E-state index in [9.17, 15) is 24.5 Å². The van der Waals surface area contributed by atoms with Gasteiger partial charge in [0.05, 0.1) is 22.7 Å². The summed E-state index contributed by atoms with van der Waals surface area (Å²) in [5.74, 6) is -1.81. The predicted octanol–water partition coefficient (Wildman–Crippen LogP) is 0.0220. The molecule has 0 fully saturated rings. The van der Waals surface area contributed by atoms with Crippen LogP contribution in [0.25, 0.3) is 0 Å². The minimum Gasteiger partial charge on any atom is -0.452 e. The van der Waals surface area contributed by atoms with E-state index in [2.05, 4.69) is 5.32 Å². The third-order valence-corrected chi connectivity index (χ3v) is 3.30. The number of hydrogen-bond donors (Lipinski definition) is 1. The molecule has 0 aliphatic carbocycles. The van der Waals surface area contributed by atoms with E-state index in [0.717, 1.165) is 11.0 Å². The van der Waals surface area contributed by atoms with Gasteiger partial charge in [-0.2, -0.15) is 0 Å². The van der Waals surface area contributed by atoms with Crippen LogP contribution >= 0.6 is 0 Å². The summed E-state index contributed by atoms with van der Waals surface area (Å²) in [7, 11) is 6.16. The van der Waals surface area contributed by atoms with Gasteiger partial charge in [0.15, 0.2) is 6.61 Å². The molecular formula is C15H20N4O6. The number of nitro groups is 1. The maximum absolute atomic E-state index is 12.2. The lowest BCUT2D eigenvalue weighted by molar-refractivity contribution is -0.384. The molecule has 1 rings (SSSR count). The van der Waals surface area contributed by atoms with Gasteiger partial charge in [0, 0.05) is 40.3 Å². The summed E-state index contributed by atoms with van der Waals surface area (Å²) in [6, 6.07) is 3.79. The average molecular weight is 352 g/mol. The summed E-state index contributed by atoms with van der Waals surface area (Å²) in [6.07, 6.45) is 0. The van der Waals surface area contributed by atoms with Gasteiger partial charge < -0.3 is 19.9 Å². The molecule has 0 saturated heterocycles. The van der Waals surface area contributed by atoms with Crippen molar-refractivity contribution in [2.24, 2.45) is 0 Å². The summed E-state index contributed by atoms with van der Waals surface area (Å²) in [5.41, 5.74) is 0.128. The number of nitrogens with zero attached hydrogens (tertiary/aromatic N) is 3. The van der Waals surface area contributed by atoms with E-state index in [4.69, 9.17) is 4.74 Å². The maximum atomic E-state index is 12.2. The van der Waals surface area contributed by atoms with E-state index in [1.807, 2.05) is 0 Å². The van der Waals surface area contributed by atoms with Crippen LogP contribution in [-0.2, 0) is 14.3 Å². The van der Waals surface area contributed by atoms with Gasteiger partial charge in [0.1, 0.15) is 0 Å². The molecule has 1 aromatic carbocycles. The Morgan fingerprint density at radius 1 is 1.24 bits per heavy atom. The van der Waals surface area contributed by atoms with Crippen molar-refractivity contribution in [1.82, 2.24) is 10.2 Å². The molecule has 0 spiro atoms. The Hall–Kier alpha value is -3.17. The molecule has 10 heteroatoms. The fourth-order valence-electron chi connectivity index (χ4n) is 1.89. The van der Waals surface area contributed by atoms with E-state index >= 15 is 0 Å². The lowest BCUT2D eigenvalue weighted by Crippen LogP contribution is -2.39. The molecule has 0 unspecified atom stereocenters. The summed E-state index contributed by atoms with van der Waals surface area (Å²) in [6.45, 7) is -0.755. The Balaban J connectivity index is 2.86. The lowest BCUT2D eigenvalue weighted by atomic mass is 10.1. The first-order valence-corrected chi connectivity index (χ1v) is 7.24. The Morgan fingerprint density at radius 2 is 1.88 bits per heavy atom. The molecule has 0 atom stereocenters. The van der Waals surface area contributed by atoms with Crippen LogP contribution in [0.3, 0.4) is 0 Å². The monoisotopic (exact) mass is 352 g/mol. The number of esters is 1. The standard InChI is InChI=1S/C15H20N4O6/c1-16-13(20)8-18(4)14(21)9-25-15(22)11-7-10(19(23)24)5-6-12(11)17(2)3/h5-7H,8-9H2,1-4H3,(H,16,20). The van der Waals surface area contributed by atoms with Crippen molar-refractivity contribution in [3.8, 4) is 0 Å². The maximum Gasteiger partial charge on any atom is 0.341 e. The van der Waals surface area contributed by atoms with Crippen molar-refractivity contribution in [2.45, 2.75) is 0 Å². The highest BCUT2D eigenvalue weighted by molar-refractivity contribution is 5.97. The Bertz CT molecular complexity index is 689. The number of likely N-dealkylation sites (N-methyl/N-ethyl adjacent to an activating group) is 2. The normalized spacial score (nSPS) is 9.92. The fraction of sp³-hybridized carbons (Fsp3) is 0.400. The molecular weight excluding hydrogens is 332 g/mol. The predicted molar refractivity (Wildman–Crippen MR) is 89.4 cm³/mol. The molecule has 1 N–H and O–H groups in total. The zero-order valence-corrected chi connectivity index (χ0v) is 14.4. The van der Waals surface area contributed by atoms with Gasteiger partial charge in [-0.3, -0.25) is 19.7 Å². The van der Waals surface area contributed by atoms with Gasteiger partial charge in [0.2, 0.25) is 5.91 Å². The molecule has 0 radical (unpaired) electrons. The molecule has 136 valence electrons. The van der Waals surface area contributed by atoms with Crippen LogP contribution in [0.5, 0.6) is 0 Å². The molecule has 0 saturated carbocycles. The topological polar surface area (TPSA) is 122 Å². The summed E-state index contributed by atoms with van der Waals surface area (Å²) >= 11 is 0. The van der Waals surface area contributed by atoms with Crippen LogP contribution in [-0.4, -0.2) is 68.9 Å². The van der Waals surface area contributed by atoms with E-state index < -0.39 is 23.4 Å². The van der Waals surface area contributed by atoms with Crippen molar-refractivity contribution in [3.05, 3.63) is 33.9 Å². The Morgan fingerprint density at radius 3 is 2.40 bits per heavy atom. The average Bonchev–Trinajstić information content (AvgIpc) is 2.58. The highest BCUT2D eigenvalue weighted by atomic mass is 16.6. The molecule has 10 nitrogen and oxygen atoms in total. The number of nitrogens with one attached hydrogen (secondary N) is 1. The number of nitro benzene ring substituents is 1. The van der Waals surface area contributed by atoms with Crippen molar-refractivity contribution in [1.29, 1.82) is 0 Å². The number of amides is 2. The van der Waals surface area contributed by atoms with Gasteiger partial charge in [-0.15, -0.1) is 0 Å². The van der Waals surface area contributed by atoms with Gasteiger partial charge in [-0.25, -0.2) is 4.79 Å². The van der Waals surface area contributed by atoms with E-state index in [1.165, 1.54) is 26.2 Å². The van der Waals surface area contributed by atoms with Crippen molar-refractivity contribution < 1.29 is 24.0 Å². The second-order valence-corrected chi connectivity index (χ2v) is 5.35. The Kier molecular flexibility index (Phi) is 6.85. The van der Waals surface area contributed by atoms with Crippen LogP contribution in [0.4, 0.5) is 11.4 Å². The molecule has 0 aliphatic rings. The molecule has 0 aromatic heterocycles. The molecule has 0 heterocycles. The molecule has 25 heavy (non-hydrogen) atoms. The van der Waals surface area contributed by atoms with Gasteiger partial charge in [0.25, 0.3) is 11.6 Å². The third-order valence-electron chi connectivity index (χ3n) is 3.30.